The number of rotatable bonds is 8. The summed E-state index contributed by atoms with van der Waals surface area (Å²) < 4.78 is 43.5. The first-order chi connectivity index (χ1) is 12.1. The van der Waals surface area contributed by atoms with Crippen molar-refractivity contribution in [2.75, 3.05) is 0 Å². The molecule has 0 fully saturated rings. The molecule has 11 heteroatoms. The van der Waals surface area contributed by atoms with E-state index in [0.29, 0.717) is 11.5 Å². The van der Waals surface area contributed by atoms with Gasteiger partial charge in [-0.1, -0.05) is 18.2 Å². The summed E-state index contributed by atoms with van der Waals surface area (Å²) in [4.78, 5) is 28.8. The van der Waals surface area contributed by atoms with E-state index in [2.05, 4.69) is 0 Å². The fourth-order valence-corrected chi connectivity index (χ4v) is 3.94. The average molecular weight is 400 g/mol. The number of nitrogens with one attached hydrogen (secondary N) is 1. The monoisotopic (exact) mass is 400 g/mol. The number of hydrogen-bond acceptors (Lipinski definition) is 5. The third-order valence-corrected chi connectivity index (χ3v) is 5.83. The molecular formula is C15H17N2O7PS. The van der Waals surface area contributed by atoms with E-state index < -0.39 is 23.9 Å². The second-order valence-electron chi connectivity index (χ2n) is 5.18. The maximum atomic E-state index is 12.3. The lowest BCUT2D eigenvalue weighted by atomic mass is 10.3. The maximum absolute atomic E-state index is 12.3. The molecule has 2 aromatic carbocycles. The number of hydrogen-bond donors (Lipinski definition) is 3. The number of carbonyl (C=O) groups is 1. The molecule has 1 unspecified atom stereocenters. The number of sulfonamides is 1. The minimum absolute atomic E-state index is 0.0808. The summed E-state index contributed by atoms with van der Waals surface area (Å²) in [5, 5.41) is 0. The van der Waals surface area contributed by atoms with Gasteiger partial charge in [0, 0.05) is 0 Å². The fourth-order valence-electron chi connectivity index (χ4n) is 2.04. The zero-order valence-corrected chi connectivity index (χ0v) is 15.3. The van der Waals surface area contributed by atoms with Gasteiger partial charge in [-0.25, -0.2) is 17.7 Å². The number of carbonyl (C=O) groups excluding carboxylic acids is 1. The zero-order chi connectivity index (χ0) is 19.4. The molecule has 1 atom stereocenters. The Morgan fingerprint density at radius 2 is 1.62 bits per heavy atom. The highest BCUT2D eigenvalue weighted by atomic mass is 32.2. The van der Waals surface area contributed by atoms with Crippen molar-refractivity contribution in [2.45, 2.75) is 18.0 Å². The van der Waals surface area contributed by atoms with Gasteiger partial charge < -0.3 is 14.5 Å². The average Bonchev–Trinajstić information content (AvgIpc) is 2.55. The van der Waals surface area contributed by atoms with E-state index in [0.717, 1.165) is 6.92 Å². The SMILES string of the molecule is CC(NS(=O)(=O)c1ccc(Oc2ccccc2)cc1)N(C=O)P(=O)(O)O. The largest absolute Gasteiger partial charge is 0.457 e. The molecule has 140 valence electrons. The number of amides is 1. The molecule has 2 rings (SSSR count). The highest BCUT2D eigenvalue weighted by Crippen LogP contribution is 2.39. The van der Waals surface area contributed by atoms with Crippen molar-refractivity contribution < 1.29 is 32.3 Å². The summed E-state index contributed by atoms with van der Waals surface area (Å²) in [5.41, 5.74) is 0. The highest BCUT2D eigenvalue weighted by molar-refractivity contribution is 7.89. The van der Waals surface area contributed by atoms with Crippen LogP contribution in [-0.2, 0) is 19.4 Å². The third kappa shape index (κ3) is 5.13. The predicted molar refractivity (Wildman–Crippen MR) is 92.7 cm³/mol. The summed E-state index contributed by atoms with van der Waals surface area (Å²) in [5.74, 6) is 0.992. The molecule has 0 radical (unpaired) electrons. The van der Waals surface area contributed by atoms with Crippen molar-refractivity contribution >= 4 is 24.2 Å². The van der Waals surface area contributed by atoms with E-state index in [1.54, 1.807) is 24.3 Å². The molecular weight excluding hydrogens is 383 g/mol. The van der Waals surface area contributed by atoms with Crippen LogP contribution in [0.5, 0.6) is 11.5 Å². The van der Waals surface area contributed by atoms with Crippen LogP contribution in [0, 0.1) is 0 Å². The van der Waals surface area contributed by atoms with Crippen LogP contribution in [0.2, 0.25) is 0 Å². The van der Waals surface area contributed by atoms with E-state index in [-0.39, 0.29) is 16.0 Å². The Morgan fingerprint density at radius 3 is 2.12 bits per heavy atom. The Labute approximate surface area is 150 Å². The van der Waals surface area contributed by atoms with E-state index >= 15 is 0 Å². The van der Waals surface area contributed by atoms with Crippen molar-refractivity contribution in [3.05, 3.63) is 54.6 Å². The lowest BCUT2D eigenvalue weighted by molar-refractivity contribution is -0.116. The van der Waals surface area contributed by atoms with Crippen LogP contribution >= 0.6 is 7.75 Å². The van der Waals surface area contributed by atoms with Crippen molar-refractivity contribution in [1.29, 1.82) is 0 Å². The summed E-state index contributed by atoms with van der Waals surface area (Å²) >= 11 is 0. The van der Waals surface area contributed by atoms with Gasteiger partial charge in [-0.3, -0.25) is 4.79 Å². The third-order valence-electron chi connectivity index (χ3n) is 3.24. The normalized spacial score (nSPS) is 13.0. The van der Waals surface area contributed by atoms with Crippen molar-refractivity contribution in [1.82, 2.24) is 9.39 Å². The number of benzene rings is 2. The van der Waals surface area contributed by atoms with Crippen LogP contribution in [0.15, 0.2) is 59.5 Å². The fraction of sp³-hybridized carbons (Fsp3) is 0.133. The van der Waals surface area contributed by atoms with Gasteiger partial charge in [-0.15, -0.1) is 0 Å². The molecule has 0 heterocycles. The maximum Gasteiger partial charge on any atom is 0.433 e. The summed E-state index contributed by atoms with van der Waals surface area (Å²) in [6.07, 6.45) is -1.57. The van der Waals surface area contributed by atoms with Crippen LogP contribution in [0.4, 0.5) is 0 Å². The topological polar surface area (TPSA) is 133 Å². The molecule has 0 saturated heterocycles. The van der Waals surface area contributed by atoms with E-state index in [4.69, 9.17) is 14.5 Å². The summed E-state index contributed by atoms with van der Waals surface area (Å²) in [6.45, 7) is 1.14. The van der Waals surface area contributed by atoms with Crippen LogP contribution in [0.1, 0.15) is 6.92 Å². The Bertz CT molecular complexity index is 897. The van der Waals surface area contributed by atoms with Gasteiger partial charge in [0.05, 0.1) is 4.90 Å². The number of nitrogens with zero attached hydrogens (tertiary/aromatic N) is 1. The number of para-hydroxylation sites is 1. The lowest BCUT2D eigenvalue weighted by Gasteiger charge is -2.25. The van der Waals surface area contributed by atoms with Crippen LogP contribution in [0.25, 0.3) is 0 Å². The molecule has 0 aliphatic rings. The van der Waals surface area contributed by atoms with E-state index in [1.165, 1.54) is 24.3 Å². The number of ether oxygens (including phenoxy) is 1. The Kier molecular flexibility index (Phi) is 6.17. The molecule has 26 heavy (non-hydrogen) atoms. The quantitative estimate of drug-likeness (QED) is 0.349. The molecule has 0 spiro atoms. The van der Waals surface area contributed by atoms with Gasteiger partial charge in [0.25, 0.3) is 0 Å². The van der Waals surface area contributed by atoms with Gasteiger partial charge >= 0.3 is 7.75 Å². The van der Waals surface area contributed by atoms with Crippen LogP contribution in [0.3, 0.4) is 0 Å². The molecule has 1 amide bonds. The first-order valence-corrected chi connectivity index (χ1v) is 10.3. The van der Waals surface area contributed by atoms with E-state index in [9.17, 15) is 17.8 Å². The van der Waals surface area contributed by atoms with Gasteiger partial charge in [0.15, 0.2) is 0 Å². The van der Waals surface area contributed by atoms with Crippen molar-refractivity contribution in [2.24, 2.45) is 0 Å². The van der Waals surface area contributed by atoms with Crippen molar-refractivity contribution in [3.63, 3.8) is 0 Å². The molecule has 3 N–H and O–H groups in total. The molecule has 0 bridgehead atoms. The summed E-state index contributed by atoms with van der Waals surface area (Å²) in [7, 11) is -9.05. The Morgan fingerprint density at radius 1 is 1.08 bits per heavy atom. The van der Waals surface area contributed by atoms with Gasteiger partial charge in [-0.05, 0) is 43.3 Å². The molecule has 9 nitrogen and oxygen atoms in total. The van der Waals surface area contributed by atoms with Crippen LogP contribution < -0.4 is 9.46 Å². The van der Waals surface area contributed by atoms with E-state index in [1.807, 2.05) is 10.8 Å². The lowest BCUT2D eigenvalue weighted by Crippen LogP contribution is -2.43. The molecule has 0 saturated carbocycles. The standard InChI is InChI=1S/C15H17N2O7PS/c1-12(17(11-18)25(19,20)21)16-26(22,23)15-9-7-14(8-10-15)24-13-5-3-2-4-6-13/h2-12,16H,1H3,(H2,19,20,21). The van der Waals surface area contributed by atoms with Gasteiger partial charge in [0.2, 0.25) is 16.4 Å². The molecule has 0 aliphatic carbocycles. The Hall–Kier alpha value is -2.23. The Balaban J connectivity index is 2.14. The zero-order valence-electron chi connectivity index (χ0n) is 13.6. The molecule has 0 aliphatic heterocycles. The second-order valence-corrected chi connectivity index (χ2v) is 8.38. The minimum atomic E-state index is -4.94. The van der Waals surface area contributed by atoms with Gasteiger partial charge in [0.1, 0.15) is 17.7 Å². The molecule has 0 aromatic heterocycles. The predicted octanol–water partition coefficient (Wildman–Crippen LogP) is 1.65. The molecule has 2 aromatic rings. The van der Waals surface area contributed by atoms with Crippen molar-refractivity contribution in [3.8, 4) is 11.5 Å². The van der Waals surface area contributed by atoms with Gasteiger partial charge in [-0.2, -0.15) is 4.72 Å². The summed E-state index contributed by atoms with van der Waals surface area (Å²) in [6, 6.07) is 14.3. The minimum Gasteiger partial charge on any atom is -0.457 e. The first kappa shape index (κ1) is 20.1. The highest BCUT2D eigenvalue weighted by Gasteiger charge is 2.31. The van der Waals surface area contributed by atoms with Crippen LogP contribution in [-0.4, -0.2) is 35.5 Å². The second kappa shape index (κ2) is 7.98. The first-order valence-electron chi connectivity index (χ1n) is 7.28. The smallest absolute Gasteiger partial charge is 0.433 e.